The maximum absolute atomic E-state index is 11.0. The first kappa shape index (κ1) is 8.93. The Balaban J connectivity index is 3.11. The Labute approximate surface area is 76.2 Å². The molecule has 1 rings (SSSR count). The second kappa shape index (κ2) is 3.49. The first-order chi connectivity index (χ1) is 5.63. The summed E-state index contributed by atoms with van der Waals surface area (Å²) in [6.45, 7) is 1.49. The molecule has 0 aliphatic carbocycles. The Morgan fingerprint density at radius 2 is 2.25 bits per heavy atom. The molecular formula is C8H10N2OS. The Morgan fingerprint density at radius 3 is 2.75 bits per heavy atom. The monoisotopic (exact) mass is 182 g/mol. The minimum absolute atomic E-state index is 0.0442. The van der Waals surface area contributed by atoms with Crippen LogP contribution in [0.5, 0.6) is 0 Å². The average molecular weight is 182 g/mol. The zero-order valence-corrected chi connectivity index (χ0v) is 7.84. The van der Waals surface area contributed by atoms with E-state index in [4.69, 9.17) is 12.2 Å². The van der Waals surface area contributed by atoms with Crippen molar-refractivity contribution in [1.29, 1.82) is 0 Å². The van der Waals surface area contributed by atoms with Gasteiger partial charge in [0.1, 0.15) is 4.64 Å². The van der Waals surface area contributed by atoms with Crippen molar-refractivity contribution in [1.82, 2.24) is 4.68 Å². The fraction of sp³-hybridized carbons (Fsp3) is 0.250. The van der Waals surface area contributed by atoms with Gasteiger partial charge >= 0.3 is 0 Å². The van der Waals surface area contributed by atoms with E-state index < -0.39 is 0 Å². The van der Waals surface area contributed by atoms with Crippen LogP contribution in [0.1, 0.15) is 6.92 Å². The Kier molecular flexibility index (Phi) is 2.60. The van der Waals surface area contributed by atoms with E-state index in [0.29, 0.717) is 4.64 Å². The number of carbonyl (C=O) groups is 1. The van der Waals surface area contributed by atoms with Gasteiger partial charge in [-0.3, -0.25) is 9.80 Å². The second-order valence-corrected chi connectivity index (χ2v) is 2.84. The number of hydrogen-bond donors (Lipinski definition) is 0. The molecule has 3 nitrogen and oxygen atoms in total. The van der Waals surface area contributed by atoms with E-state index in [9.17, 15) is 4.79 Å². The highest BCUT2D eigenvalue weighted by Gasteiger charge is 2.02. The molecular weight excluding hydrogens is 172 g/mol. The lowest BCUT2D eigenvalue weighted by Gasteiger charge is -2.17. The lowest BCUT2D eigenvalue weighted by molar-refractivity contribution is -0.117. The van der Waals surface area contributed by atoms with Crippen LogP contribution in [0.3, 0.4) is 0 Å². The fourth-order valence-electron chi connectivity index (χ4n) is 0.818. The van der Waals surface area contributed by atoms with Gasteiger partial charge in [0, 0.05) is 20.2 Å². The van der Waals surface area contributed by atoms with Crippen molar-refractivity contribution in [2.24, 2.45) is 0 Å². The molecule has 0 aromatic carbocycles. The van der Waals surface area contributed by atoms with Gasteiger partial charge in [-0.2, -0.15) is 0 Å². The maximum atomic E-state index is 11.0. The summed E-state index contributed by atoms with van der Waals surface area (Å²) in [6.07, 6.45) is 1.75. The van der Waals surface area contributed by atoms with Crippen LogP contribution in [0.2, 0.25) is 0 Å². The third kappa shape index (κ3) is 1.71. The van der Waals surface area contributed by atoms with Gasteiger partial charge in [-0.25, -0.2) is 4.68 Å². The molecule has 64 valence electrons. The molecule has 12 heavy (non-hydrogen) atoms. The van der Waals surface area contributed by atoms with Crippen LogP contribution in [-0.2, 0) is 4.79 Å². The summed E-state index contributed by atoms with van der Waals surface area (Å²) in [4.78, 5) is 11.0. The Morgan fingerprint density at radius 1 is 1.58 bits per heavy atom. The van der Waals surface area contributed by atoms with E-state index >= 15 is 0 Å². The quantitative estimate of drug-likeness (QED) is 0.612. The molecule has 0 atom stereocenters. The molecule has 0 radical (unpaired) electrons. The Hall–Kier alpha value is -1.16. The first-order valence-electron chi connectivity index (χ1n) is 3.55. The van der Waals surface area contributed by atoms with Crippen molar-refractivity contribution < 1.29 is 4.79 Å². The van der Waals surface area contributed by atoms with E-state index in [1.165, 1.54) is 11.9 Å². The van der Waals surface area contributed by atoms with Gasteiger partial charge in [0.05, 0.1) is 0 Å². The normalized spacial score (nSPS) is 9.50. The van der Waals surface area contributed by atoms with Crippen LogP contribution < -0.4 is 5.01 Å². The molecule has 4 heteroatoms. The molecule has 1 heterocycles. The molecule has 0 fully saturated rings. The largest absolute Gasteiger partial charge is 0.273 e. The minimum atomic E-state index is -0.0442. The lowest BCUT2D eigenvalue weighted by atomic mass is 10.5. The standard InChI is InChI=1S/C8H10N2OS/c1-7(11)9(2)10-6-4-3-5-8(10)12/h3-6H,1-2H3. The van der Waals surface area contributed by atoms with E-state index in [1.54, 1.807) is 24.0 Å². The zero-order valence-electron chi connectivity index (χ0n) is 7.02. The summed E-state index contributed by atoms with van der Waals surface area (Å²) in [6, 6.07) is 5.44. The Bertz CT molecular complexity index is 345. The third-order valence-corrected chi connectivity index (χ3v) is 1.91. The second-order valence-electron chi connectivity index (χ2n) is 2.43. The van der Waals surface area contributed by atoms with Crippen molar-refractivity contribution in [2.75, 3.05) is 12.1 Å². The molecule has 0 saturated heterocycles. The summed E-state index contributed by atoms with van der Waals surface area (Å²) < 4.78 is 2.24. The van der Waals surface area contributed by atoms with Gasteiger partial charge in [-0.15, -0.1) is 0 Å². The number of pyridine rings is 1. The molecule has 0 saturated carbocycles. The predicted octanol–water partition coefficient (Wildman–Crippen LogP) is 1.33. The van der Waals surface area contributed by atoms with Crippen molar-refractivity contribution in [2.45, 2.75) is 6.92 Å². The lowest BCUT2D eigenvalue weighted by Crippen LogP contribution is -2.34. The molecule has 0 aliphatic rings. The molecule has 0 N–H and O–H groups in total. The fourth-order valence-corrected chi connectivity index (χ4v) is 1.08. The van der Waals surface area contributed by atoms with Crippen LogP contribution in [0.15, 0.2) is 24.4 Å². The highest BCUT2D eigenvalue weighted by molar-refractivity contribution is 7.71. The molecule has 0 aliphatic heterocycles. The van der Waals surface area contributed by atoms with Crippen molar-refractivity contribution in [3.05, 3.63) is 29.0 Å². The van der Waals surface area contributed by atoms with Crippen molar-refractivity contribution >= 4 is 18.1 Å². The highest BCUT2D eigenvalue weighted by atomic mass is 32.1. The molecule has 0 bridgehead atoms. The number of amides is 1. The van der Waals surface area contributed by atoms with E-state index in [1.807, 2.05) is 12.1 Å². The van der Waals surface area contributed by atoms with Gasteiger partial charge in [-0.05, 0) is 12.1 Å². The maximum Gasteiger partial charge on any atom is 0.238 e. The molecule has 1 amide bonds. The minimum Gasteiger partial charge on any atom is -0.273 e. The highest BCUT2D eigenvalue weighted by Crippen LogP contribution is 1.94. The topological polar surface area (TPSA) is 25.2 Å². The van der Waals surface area contributed by atoms with E-state index in [-0.39, 0.29) is 5.91 Å². The SMILES string of the molecule is CC(=O)N(C)n1ccccc1=S. The van der Waals surface area contributed by atoms with Crippen LogP contribution in [-0.4, -0.2) is 17.6 Å². The van der Waals surface area contributed by atoms with Gasteiger partial charge in [-0.1, -0.05) is 18.3 Å². The molecule has 1 aromatic heterocycles. The zero-order chi connectivity index (χ0) is 9.14. The summed E-state index contributed by atoms with van der Waals surface area (Å²) in [7, 11) is 1.68. The van der Waals surface area contributed by atoms with Crippen molar-refractivity contribution in [3.63, 3.8) is 0 Å². The number of nitrogens with zero attached hydrogens (tertiary/aromatic N) is 2. The van der Waals surface area contributed by atoms with Crippen molar-refractivity contribution in [3.8, 4) is 0 Å². The summed E-state index contributed by atoms with van der Waals surface area (Å²) in [5.41, 5.74) is 0. The van der Waals surface area contributed by atoms with Crippen LogP contribution in [0, 0.1) is 4.64 Å². The van der Waals surface area contributed by atoms with Gasteiger partial charge < -0.3 is 0 Å². The number of aromatic nitrogens is 1. The predicted molar refractivity (Wildman–Crippen MR) is 50.1 cm³/mol. The average Bonchev–Trinajstić information content (AvgIpc) is 2.04. The number of rotatable bonds is 1. The molecule has 0 unspecified atom stereocenters. The smallest absolute Gasteiger partial charge is 0.238 e. The molecule has 0 spiro atoms. The third-order valence-electron chi connectivity index (χ3n) is 1.58. The van der Waals surface area contributed by atoms with Gasteiger partial charge in [0.25, 0.3) is 0 Å². The van der Waals surface area contributed by atoms with Crippen LogP contribution >= 0.6 is 12.2 Å². The van der Waals surface area contributed by atoms with Gasteiger partial charge in [0.15, 0.2) is 0 Å². The number of hydrogen-bond acceptors (Lipinski definition) is 2. The van der Waals surface area contributed by atoms with Crippen LogP contribution in [0.4, 0.5) is 0 Å². The van der Waals surface area contributed by atoms with E-state index in [2.05, 4.69) is 0 Å². The van der Waals surface area contributed by atoms with Crippen LogP contribution in [0.25, 0.3) is 0 Å². The van der Waals surface area contributed by atoms with E-state index in [0.717, 1.165) is 0 Å². The summed E-state index contributed by atoms with van der Waals surface area (Å²) in [5.74, 6) is -0.0442. The molecule has 1 aromatic rings. The number of carbonyl (C=O) groups excluding carboxylic acids is 1. The van der Waals surface area contributed by atoms with Gasteiger partial charge in [0.2, 0.25) is 5.91 Å². The first-order valence-corrected chi connectivity index (χ1v) is 3.96. The summed E-state index contributed by atoms with van der Waals surface area (Å²) >= 11 is 5.02. The summed E-state index contributed by atoms with van der Waals surface area (Å²) in [5, 5.41) is 1.46.